The highest BCUT2D eigenvalue weighted by molar-refractivity contribution is 5.79. The van der Waals surface area contributed by atoms with Crippen molar-refractivity contribution in [1.82, 2.24) is 9.80 Å². The molecule has 3 aliphatic heterocycles. The quantitative estimate of drug-likeness (QED) is 0.833. The van der Waals surface area contributed by atoms with Gasteiger partial charge in [0.05, 0.1) is 19.1 Å². The number of morpholine rings is 1. The molecule has 0 bridgehead atoms. The average Bonchev–Trinajstić information content (AvgIpc) is 3.09. The normalized spacial score (nSPS) is 24.5. The largest absolute Gasteiger partial charge is 0.454 e. The molecule has 0 unspecified atom stereocenters. The molecule has 1 aromatic carbocycles. The van der Waals surface area contributed by atoms with Gasteiger partial charge in [-0.2, -0.15) is 0 Å². The predicted octanol–water partition coefficient (Wildman–Crippen LogP) is 1.67. The zero-order chi connectivity index (χ0) is 17.2. The van der Waals surface area contributed by atoms with E-state index in [4.69, 9.17) is 14.2 Å². The average molecular weight is 346 g/mol. The first-order valence-corrected chi connectivity index (χ1v) is 9.21. The Hall–Kier alpha value is -1.79. The van der Waals surface area contributed by atoms with Crippen LogP contribution in [0.3, 0.4) is 0 Å². The lowest BCUT2D eigenvalue weighted by Gasteiger charge is -2.41. The van der Waals surface area contributed by atoms with E-state index in [1.807, 2.05) is 23.1 Å². The molecule has 6 nitrogen and oxygen atoms in total. The highest BCUT2D eigenvalue weighted by Crippen LogP contribution is 2.32. The number of rotatable bonds is 3. The number of nitrogens with zero attached hydrogens (tertiary/aromatic N) is 2. The molecule has 0 saturated carbocycles. The molecule has 6 heteroatoms. The molecule has 2 saturated heterocycles. The Kier molecular flexibility index (Phi) is 4.81. The second-order valence-electron chi connectivity index (χ2n) is 7.15. The van der Waals surface area contributed by atoms with Crippen LogP contribution in [0.4, 0.5) is 0 Å². The lowest BCUT2D eigenvalue weighted by molar-refractivity contribution is -0.132. The van der Waals surface area contributed by atoms with Crippen LogP contribution >= 0.6 is 0 Å². The zero-order valence-corrected chi connectivity index (χ0v) is 14.8. The van der Waals surface area contributed by atoms with Gasteiger partial charge >= 0.3 is 0 Å². The smallest absolute Gasteiger partial charge is 0.231 e. The molecule has 0 aliphatic carbocycles. The van der Waals surface area contributed by atoms with Crippen molar-refractivity contribution in [3.63, 3.8) is 0 Å². The van der Waals surface area contributed by atoms with Gasteiger partial charge in [-0.25, -0.2) is 0 Å². The number of likely N-dealkylation sites (tertiary alicyclic amines) is 1. The minimum atomic E-state index is 0.202. The molecule has 2 fully saturated rings. The minimum absolute atomic E-state index is 0.202. The molecule has 25 heavy (non-hydrogen) atoms. The number of hydrogen-bond acceptors (Lipinski definition) is 5. The van der Waals surface area contributed by atoms with E-state index < -0.39 is 0 Å². The van der Waals surface area contributed by atoms with E-state index in [0.29, 0.717) is 18.6 Å². The highest BCUT2D eigenvalue weighted by Gasteiger charge is 2.29. The van der Waals surface area contributed by atoms with Crippen LogP contribution in [0.1, 0.15) is 25.3 Å². The number of carbonyl (C=O) groups is 1. The second kappa shape index (κ2) is 7.22. The van der Waals surface area contributed by atoms with Crippen molar-refractivity contribution in [2.45, 2.75) is 38.3 Å². The predicted molar refractivity (Wildman–Crippen MR) is 92.9 cm³/mol. The van der Waals surface area contributed by atoms with E-state index >= 15 is 0 Å². The fourth-order valence-electron chi connectivity index (χ4n) is 3.99. The summed E-state index contributed by atoms with van der Waals surface area (Å²) in [4.78, 5) is 17.2. The van der Waals surface area contributed by atoms with E-state index in [1.165, 1.54) is 0 Å². The molecule has 1 aromatic rings. The SMILES string of the molecule is C[C@H]1CN(C2CCN(C(=O)Cc3ccc4c(c3)OCO4)CC2)CCO1. The Morgan fingerprint density at radius 2 is 1.96 bits per heavy atom. The van der Waals surface area contributed by atoms with E-state index in [2.05, 4.69) is 11.8 Å². The van der Waals surface area contributed by atoms with Crippen LogP contribution in [0, 0.1) is 0 Å². The van der Waals surface area contributed by atoms with Gasteiger partial charge in [-0.15, -0.1) is 0 Å². The lowest BCUT2D eigenvalue weighted by atomic mass is 10.0. The number of carbonyl (C=O) groups excluding carboxylic acids is 1. The van der Waals surface area contributed by atoms with Crippen molar-refractivity contribution in [2.75, 3.05) is 39.6 Å². The van der Waals surface area contributed by atoms with Gasteiger partial charge in [0.15, 0.2) is 11.5 Å². The Balaban J connectivity index is 1.29. The summed E-state index contributed by atoms with van der Waals surface area (Å²) < 4.78 is 16.3. The maximum Gasteiger partial charge on any atom is 0.231 e. The molecule has 4 rings (SSSR count). The maximum absolute atomic E-state index is 12.6. The third kappa shape index (κ3) is 3.75. The van der Waals surface area contributed by atoms with Gasteiger partial charge in [0.1, 0.15) is 0 Å². The summed E-state index contributed by atoms with van der Waals surface area (Å²) in [5.41, 5.74) is 0.985. The Morgan fingerprint density at radius 3 is 2.76 bits per heavy atom. The highest BCUT2D eigenvalue weighted by atomic mass is 16.7. The zero-order valence-electron chi connectivity index (χ0n) is 14.8. The van der Waals surface area contributed by atoms with Crippen LogP contribution in [0.15, 0.2) is 18.2 Å². The molecule has 0 spiro atoms. The third-order valence-electron chi connectivity index (χ3n) is 5.40. The van der Waals surface area contributed by atoms with Crippen LogP contribution in [0.25, 0.3) is 0 Å². The van der Waals surface area contributed by atoms with Gasteiger partial charge in [0.25, 0.3) is 0 Å². The Morgan fingerprint density at radius 1 is 1.16 bits per heavy atom. The molecule has 0 N–H and O–H groups in total. The summed E-state index contributed by atoms with van der Waals surface area (Å²) in [6.45, 7) is 6.94. The molecule has 0 aromatic heterocycles. The van der Waals surface area contributed by atoms with Gasteiger partial charge in [-0.05, 0) is 37.5 Å². The van der Waals surface area contributed by atoms with E-state index in [9.17, 15) is 4.79 Å². The monoisotopic (exact) mass is 346 g/mol. The summed E-state index contributed by atoms with van der Waals surface area (Å²) >= 11 is 0. The van der Waals surface area contributed by atoms with Gasteiger partial charge in [0.2, 0.25) is 12.7 Å². The molecular formula is C19H26N2O4. The van der Waals surface area contributed by atoms with Crippen LogP contribution < -0.4 is 9.47 Å². The fourth-order valence-corrected chi connectivity index (χ4v) is 3.99. The van der Waals surface area contributed by atoms with Crippen molar-refractivity contribution >= 4 is 5.91 Å². The van der Waals surface area contributed by atoms with Gasteiger partial charge in [-0.3, -0.25) is 9.69 Å². The number of amides is 1. The second-order valence-corrected chi connectivity index (χ2v) is 7.15. The summed E-state index contributed by atoms with van der Waals surface area (Å²) in [5.74, 6) is 1.70. The first kappa shape index (κ1) is 16.7. The Labute approximate surface area is 148 Å². The lowest BCUT2D eigenvalue weighted by Crippen LogP contribution is -2.52. The van der Waals surface area contributed by atoms with Gasteiger partial charge in [-0.1, -0.05) is 6.07 Å². The van der Waals surface area contributed by atoms with Crippen LogP contribution in [-0.4, -0.2) is 67.4 Å². The number of fused-ring (bicyclic) bond motifs is 1. The summed E-state index contributed by atoms with van der Waals surface area (Å²) in [5, 5.41) is 0. The van der Waals surface area contributed by atoms with E-state index in [0.717, 1.165) is 62.7 Å². The summed E-state index contributed by atoms with van der Waals surface area (Å²) in [6.07, 6.45) is 2.86. The summed E-state index contributed by atoms with van der Waals surface area (Å²) in [7, 11) is 0. The number of benzene rings is 1. The maximum atomic E-state index is 12.6. The molecule has 3 heterocycles. The molecule has 1 amide bonds. The van der Waals surface area contributed by atoms with Gasteiger partial charge in [0, 0.05) is 32.2 Å². The van der Waals surface area contributed by atoms with Crippen LogP contribution in [-0.2, 0) is 16.0 Å². The van der Waals surface area contributed by atoms with E-state index in [1.54, 1.807) is 0 Å². The number of piperidine rings is 1. The fraction of sp³-hybridized carbons (Fsp3) is 0.632. The van der Waals surface area contributed by atoms with Crippen LogP contribution in [0.5, 0.6) is 11.5 Å². The van der Waals surface area contributed by atoms with Crippen molar-refractivity contribution in [1.29, 1.82) is 0 Å². The standard InChI is InChI=1S/C19H26N2O4/c1-14-12-21(8-9-23-14)16-4-6-20(7-5-16)19(22)11-15-2-3-17-18(10-15)25-13-24-17/h2-3,10,14,16H,4-9,11-13H2,1H3/t14-/m0/s1. The molecular weight excluding hydrogens is 320 g/mol. The van der Waals surface area contributed by atoms with Crippen molar-refractivity contribution in [2.24, 2.45) is 0 Å². The molecule has 136 valence electrons. The minimum Gasteiger partial charge on any atom is -0.454 e. The van der Waals surface area contributed by atoms with Crippen molar-refractivity contribution < 1.29 is 19.0 Å². The topological polar surface area (TPSA) is 51.2 Å². The van der Waals surface area contributed by atoms with Gasteiger partial charge < -0.3 is 19.1 Å². The molecule has 1 atom stereocenters. The Bertz CT molecular complexity index is 628. The third-order valence-corrected chi connectivity index (χ3v) is 5.40. The van der Waals surface area contributed by atoms with Crippen molar-refractivity contribution in [3.8, 4) is 11.5 Å². The first-order chi connectivity index (χ1) is 12.2. The number of hydrogen-bond donors (Lipinski definition) is 0. The van der Waals surface area contributed by atoms with Crippen LogP contribution in [0.2, 0.25) is 0 Å². The molecule has 0 radical (unpaired) electrons. The van der Waals surface area contributed by atoms with E-state index in [-0.39, 0.29) is 12.7 Å². The molecule has 3 aliphatic rings. The number of ether oxygens (including phenoxy) is 3. The summed E-state index contributed by atoms with van der Waals surface area (Å²) in [6, 6.07) is 6.34. The first-order valence-electron chi connectivity index (χ1n) is 9.21. The van der Waals surface area contributed by atoms with Crippen molar-refractivity contribution in [3.05, 3.63) is 23.8 Å².